The van der Waals surface area contributed by atoms with Gasteiger partial charge in [0, 0.05) is 12.7 Å². The second-order valence-corrected chi connectivity index (χ2v) is 4.25. The van der Waals surface area contributed by atoms with Crippen LogP contribution in [-0.4, -0.2) is 46.8 Å². The summed E-state index contributed by atoms with van der Waals surface area (Å²) >= 11 is 0. The molecule has 0 radical (unpaired) electrons. The van der Waals surface area contributed by atoms with Crippen molar-refractivity contribution in [3.8, 4) is 0 Å². The average molecular weight is 251 g/mol. The van der Waals surface area contributed by atoms with Gasteiger partial charge in [-0.1, -0.05) is 5.16 Å². The largest absolute Gasteiger partial charge is 0.409 e. The molecule has 3 N–H and O–H groups in total. The highest BCUT2D eigenvalue weighted by Crippen LogP contribution is 2.18. The van der Waals surface area contributed by atoms with Crippen LogP contribution in [0.3, 0.4) is 0 Å². The van der Waals surface area contributed by atoms with Crippen molar-refractivity contribution in [2.45, 2.75) is 20.0 Å². The van der Waals surface area contributed by atoms with Crippen molar-refractivity contribution in [2.75, 3.05) is 24.6 Å². The summed E-state index contributed by atoms with van der Waals surface area (Å²) < 4.78 is 5.45. The molecule has 2 heterocycles. The highest BCUT2D eigenvalue weighted by Gasteiger charge is 2.25. The second kappa shape index (κ2) is 5.18. The molecule has 98 valence electrons. The number of anilines is 1. The minimum atomic E-state index is -0.412. The van der Waals surface area contributed by atoms with E-state index in [1.807, 2.05) is 18.7 Å². The number of amidine groups is 1. The Hall–Kier alpha value is -1.89. The quantitative estimate of drug-likeness (QED) is 0.333. The first-order valence-corrected chi connectivity index (χ1v) is 5.76. The summed E-state index contributed by atoms with van der Waals surface area (Å²) in [7, 11) is 0. The first-order chi connectivity index (χ1) is 8.61. The van der Waals surface area contributed by atoms with E-state index in [2.05, 4.69) is 15.1 Å². The molecule has 0 bridgehead atoms. The molecule has 0 aromatic carbocycles. The Morgan fingerprint density at radius 3 is 3.11 bits per heavy atom. The molecule has 1 unspecified atom stereocenters. The van der Waals surface area contributed by atoms with Gasteiger partial charge in [-0.3, -0.25) is 4.98 Å². The molecule has 7 nitrogen and oxygen atoms in total. The Morgan fingerprint density at radius 2 is 2.39 bits per heavy atom. The monoisotopic (exact) mass is 251 g/mol. The maximum absolute atomic E-state index is 8.68. The number of nitrogens with zero attached hydrogens (tertiary/aromatic N) is 4. The summed E-state index contributed by atoms with van der Waals surface area (Å²) in [5, 5.41) is 11.7. The van der Waals surface area contributed by atoms with Crippen molar-refractivity contribution < 1.29 is 9.94 Å². The van der Waals surface area contributed by atoms with Crippen LogP contribution in [0.5, 0.6) is 0 Å². The molecule has 0 amide bonds. The molecule has 1 aliphatic heterocycles. The van der Waals surface area contributed by atoms with Gasteiger partial charge in [0.2, 0.25) is 0 Å². The molecule has 0 aliphatic carbocycles. The van der Waals surface area contributed by atoms with Gasteiger partial charge in [0.1, 0.15) is 6.10 Å². The van der Waals surface area contributed by atoms with Crippen molar-refractivity contribution in [2.24, 2.45) is 10.9 Å². The number of ether oxygens (including phenoxy) is 1. The van der Waals surface area contributed by atoms with Crippen molar-refractivity contribution in [1.82, 2.24) is 9.97 Å². The number of nitrogens with two attached hydrogens (primary N) is 1. The fourth-order valence-corrected chi connectivity index (χ4v) is 1.91. The summed E-state index contributed by atoms with van der Waals surface area (Å²) in [6, 6.07) is 0. The number of rotatable bonds is 2. The van der Waals surface area contributed by atoms with Gasteiger partial charge in [0.15, 0.2) is 11.7 Å². The highest BCUT2D eigenvalue weighted by atomic mass is 16.5. The molecule has 1 atom stereocenters. The summed E-state index contributed by atoms with van der Waals surface area (Å²) in [6.45, 7) is 5.55. The van der Waals surface area contributed by atoms with Crippen LogP contribution in [0.4, 0.5) is 5.82 Å². The maximum atomic E-state index is 8.68. The number of oxime groups is 1. The first-order valence-electron chi connectivity index (χ1n) is 5.76. The van der Waals surface area contributed by atoms with Gasteiger partial charge in [0.05, 0.1) is 24.5 Å². The van der Waals surface area contributed by atoms with E-state index < -0.39 is 6.10 Å². The topological polar surface area (TPSA) is 96.9 Å². The lowest BCUT2D eigenvalue weighted by molar-refractivity contribution is 0.0803. The fourth-order valence-electron chi connectivity index (χ4n) is 1.91. The van der Waals surface area contributed by atoms with Crippen LogP contribution in [-0.2, 0) is 4.74 Å². The standard InChI is InChI=1S/C11H17N5O2/c1-7-5-13-8(2)11(14-7)16-3-4-18-9(6-16)10(12)15-17/h5,9,17H,3-4,6H2,1-2H3,(H2,12,15). The van der Waals surface area contributed by atoms with E-state index in [0.29, 0.717) is 19.7 Å². The van der Waals surface area contributed by atoms with Crippen LogP contribution in [0.15, 0.2) is 11.4 Å². The molecular weight excluding hydrogens is 234 g/mol. The second-order valence-electron chi connectivity index (χ2n) is 4.25. The molecule has 1 aromatic rings. The molecule has 0 spiro atoms. The number of hydrogen-bond acceptors (Lipinski definition) is 6. The van der Waals surface area contributed by atoms with Crippen LogP contribution in [0.2, 0.25) is 0 Å². The lowest BCUT2D eigenvalue weighted by atomic mass is 10.2. The lowest BCUT2D eigenvalue weighted by Gasteiger charge is -2.33. The Morgan fingerprint density at radius 1 is 1.61 bits per heavy atom. The molecule has 2 rings (SSSR count). The van der Waals surface area contributed by atoms with E-state index >= 15 is 0 Å². The van der Waals surface area contributed by atoms with E-state index in [0.717, 1.165) is 17.2 Å². The third-order valence-corrected chi connectivity index (χ3v) is 2.86. The third-order valence-electron chi connectivity index (χ3n) is 2.86. The van der Waals surface area contributed by atoms with E-state index in [-0.39, 0.29) is 5.84 Å². The van der Waals surface area contributed by atoms with Crippen LogP contribution in [0.1, 0.15) is 11.4 Å². The van der Waals surface area contributed by atoms with Gasteiger partial charge >= 0.3 is 0 Å². The average Bonchev–Trinajstić information content (AvgIpc) is 2.40. The predicted octanol–water partition coefficient (Wildman–Crippen LogP) is 0.0450. The van der Waals surface area contributed by atoms with Crippen molar-refractivity contribution >= 4 is 11.7 Å². The van der Waals surface area contributed by atoms with Gasteiger partial charge in [-0.2, -0.15) is 0 Å². The predicted molar refractivity (Wildman–Crippen MR) is 66.9 cm³/mol. The zero-order valence-corrected chi connectivity index (χ0v) is 10.5. The Labute approximate surface area is 105 Å². The molecule has 0 saturated carbocycles. The number of morpholine rings is 1. The Kier molecular flexibility index (Phi) is 3.61. The molecule has 1 saturated heterocycles. The summed E-state index contributed by atoms with van der Waals surface area (Å²) in [4.78, 5) is 10.8. The van der Waals surface area contributed by atoms with Crippen molar-refractivity contribution in [1.29, 1.82) is 0 Å². The van der Waals surface area contributed by atoms with Gasteiger partial charge in [0.25, 0.3) is 0 Å². The molecular formula is C11H17N5O2. The third kappa shape index (κ3) is 2.51. The van der Waals surface area contributed by atoms with Crippen LogP contribution in [0.25, 0.3) is 0 Å². The number of aromatic nitrogens is 2. The van der Waals surface area contributed by atoms with Crippen LogP contribution >= 0.6 is 0 Å². The number of hydrogen-bond donors (Lipinski definition) is 2. The minimum Gasteiger partial charge on any atom is -0.409 e. The van der Waals surface area contributed by atoms with Gasteiger partial charge in [-0.05, 0) is 13.8 Å². The summed E-state index contributed by atoms with van der Waals surface area (Å²) in [5.74, 6) is 0.909. The van der Waals surface area contributed by atoms with E-state index in [1.54, 1.807) is 6.20 Å². The molecule has 1 aliphatic rings. The van der Waals surface area contributed by atoms with E-state index in [4.69, 9.17) is 15.7 Å². The van der Waals surface area contributed by atoms with Gasteiger partial charge in [-0.15, -0.1) is 0 Å². The normalized spacial score (nSPS) is 21.1. The molecule has 1 fully saturated rings. The van der Waals surface area contributed by atoms with Crippen molar-refractivity contribution in [3.63, 3.8) is 0 Å². The lowest BCUT2D eigenvalue weighted by Crippen LogP contribution is -2.49. The smallest absolute Gasteiger partial charge is 0.170 e. The number of aryl methyl sites for hydroxylation is 2. The Balaban J connectivity index is 2.20. The van der Waals surface area contributed by atoms with E-state index in [1.165, 1.54) is 0 Å². The van der Waals surface area contributed by atoms with Crippen LogP contribution in [0, 0.1) is 13.8 Å². The highest BCUT2D eigenvalue weighted by molar-refractivity contribution is 5.85. The van der Waals surface area contributed by atoms with Gasteiger partial charge in [-0.25, -0.2) is 4.98 Å². The molecule has 1 aromatic heterocycles. The summed E-state index contributed by atoms with van der Waals surface area (Å²) in [5.41, 5.74) is 7.29. The SMILES string of the molecule is Cc1cnc(C)c(N2CCOC(C(N)=NO)C2)n1. The minimum absolute atomic E-state index is 0.0814. The van der Waals surface area contributed by atoms with Gasteiger partial charge < -0.3 is 20.6 Å². The zero-order chi connectivity index (χ0) is 13.1. The van der Waals surface area contributed by atoms with Crippen molar-refractivity contribution in [3.05, 3.63) is 17.6 Å². The maximum Gasteiger partial charge on any atom is 0.170 e. The van der Waals surface area contributed by atoms with Crippen LogP contribution < -0.4 is 10.6 Å². The Bertz CT molecular complexity index is 463. The summed E-state index contributed by atoms with van der Waals surface area (Å²) in [6.07, 6.45) is 1.32. The first kappa shape index (κ1) is 12.6. The fraction of sp³-hybridized carbons (Fsp3) is 0.545. The molecule has 7 heteroatoms. The zero-order valence-electron chi connectivity index (χ0n) is 10.5. The van der Waals surface area contributed by atoms with E-state index in [9.17, 15) is 0 Å². The molecule has 18 heavy (non-hydrogen) atoms.